The van der Waals surface area contributed by atoms with Gasteiger partial charge in [0.1, 0.15) is 0 Å². The molecule has 1 atom stereocenters. The van der Waals surface area contributed by atoms with Crippen molar-refractivity contribution in [3.63, 3.8) is 0 Å². The molecule has 2 aromatic carbocycles. The summed E-state index contributed by atoms with van der Waals surface area (Å²) < 4.78 is 4.98. The van der Waals surface area contributed by atoms with Gasteiger partial charge >= 0.3 is 5.97 Å². The normalized spacial score (nSPS) is 15.0. The van der Waals surface area contributed by atoms with E-state index < -0.39 is 5.97 Å². The second-order valence-corrected chi connectivity index (χ2v) is 7.84. The van der Waals surface area contributed by atoms with Gasteiger partial charge in [0.15, 0.2) is 5.11 Å². The van der Waals surface area contributed by atoms with Gasteiger partial charge in [-0.05, 0) is 68.7 Å². The highest BCUT2D eigenvalue weighted by Gasteiger charge is 2.24. The molecule has 5 nitrogen and oxygen atoms in total. The number of nitrogens with one attached hydrogen (secondary N) is 2. The zero-order valence-corrected chi connectivity index (χ0v) is 18.3. The van der Waals surface area contributed by atoms with E-state index in [1.807, 2.05) is 0 Å². The number of rotatable bonds is 7. The zero-order valence-electron chi connectivity index (χ0n) is 16.7. The van der Waals surface area contributed by atoms with Crippen LogP contribution < -0.4 is 15.5 Å². The van der Waals surface area contributed by atoms with Gasteiger partial charge in [0.2, 0.25) is 0 Å². The van der Waals surface area contributed by atoms with Crippen LogP contribution in [-0.4, -0.2) is 36.8 Å². The van der Waals surface area contributed by atoms with E-state index in [9.17, 15) is 4.79 Å². The van der Waals surface area contributed by atoms with Crippen LogP contribution in [0.25, 0.3) is 0 Å². The number of esters is 1. The fourth-order valence-corrected chi connectivity index (χ4v) is 4.04. The van der Waals surface area contributed by atoms with Crippen molar-refractivity contribution in [2.24, 2.45) is 0 Å². The first-order valence-electron chi connectivity index (χ1n) is 9.85. The Hall–Kier alpha value is -2.31. The van der Waals surface area contributed by atoms with Gasteiger partial charge in [-0.3, -0.25) is 0 Å². The lowest BCUT2D eigenvalue weighted by atomic mass is 10.1. The maximum absolute atomic E-state index is 11.8. The van der Waals surface area contributed by atoms with Gasteiger partial charge in [-0.1, -0.05) is 29.8 Å². The van der Waals surface area contributed by atoms with Crippen LogP contribution >= 0.6 is 23.8 Å². The number of halogens is 1. The van der Waals surface area contributed by atoms with Crippen molar-refractivity contribution in [3.8, 4) is 0 Å². The lowest BCUT2D eigenvalue weighted by Gasteiger charge is -2.25. The first-order valence-corrected chi connectivity index (χ1v) is 10.6. The topological polar surface area (TPSA) is 53.6 Å². The summed E-state index contributed by atoms with van der Waals surface area (Å²) in [4.78, 5) is 14.3. The molecule has 0 aliphatic carbocycles. The largest absolute Gasteiger partial charge is 0.462 e. The minimum absolute atomic E-state index is 0.310. The van der Waals surface area contributed by atoms with Crippen LogP contribution in [0, 0.1) is 0 Å². The van der Waals surface area contributed by atoms with Crippen molar-refractivity contribution in [2.45, 2.75) is 32.7 Å². The summed E-state index contributed by atoms with van der Waals surface area (Å²) in [6.45, 7) is 6.09. The highest BCUT2D eigenvalue weighted by atomic mass is 35.5. The molecular formula is C22H26ClN3O2S. The summed E-state index contributed by atoms with van der Waals surface area (Å²) in [6.07, 6.45) is 2.08. The molecule has 2 aromatic rings. The average molecular weight is 432 g/mol. The Morgan fingerprint density at radius 1 is 1.31 bits per heavy atom. The predicted octanol–water partition coefficient (Wildman–Crippen LogP) is 4.64. The van der Waals surface area contributed by atoms with Gasteiger partial charge in [0.05, 0.1) is 17.2 Å². The van der Waals surface area contributed by atoms with Crippen LogP contribution in [0.2, 0.25) is 5.02 Å². The number of hydrogen-bond donors (Lipinski definition) is 2. The van der Waals surface area contributed by atoms with E-state index in [1.165, 1.54) is 11.3 Å². The molecule has 1 heterocycles. The molecule has 154 valence electrons. The summed E-state index contributed by atoms with van der Waals surface area (Å²) in [5, 5.41) is 7.19. The highest BCUT2D eigenvalue weighted by Crippen LogP contribution is 2.31. The van der Waals surface area contributed by atoms with Crippen LogP contribution in [0.1, 0.15) is 36.2 Å². The fraction of sp³-hybridized carbons (Fsp3) is 0.364. The first-order chi connectivity index (χ1) is 14.0. The summed E-state index contributed by atoms with van der Waals surface area (Å²) in [5.41, 5.74) is 3.84. The predicted molar refractivity (Wildman–Crippen MR) is 123 cm³/mol. The molecule has 0 aromatic heterocycles. The molecule has 0 radical (unpaired) electrons. The summed E-state index contributed by atoms with van der Waals surface area (Å²) in [7, 11) is 0. The zero-order chi connectivity index (χ0) is 20.8. The maximum atomic E-state index is 11.8. The third-order valence-corrected chi connectivity index (χ3v) is 5.49. The lowest BCUT2D eigenvalue weighted by molar-refractivity contribution is 0.0526. The monoisotopic (exact) mass is 431 g/mol. The Labute approximate surface area is 182 Å². The van der Waals surface area contributed by atoms with Gasteiger partial charge < -0.3 is 20.3 Å². The molecule has 29 heavy (non-hydrogen) atoms. The fourth-order valence-electron chi connectivity index (χ4n) is 3.56. The molecule has 1 aliphatic rings. The van der Waals surface area contributed by atoms with Gasteiger partial charge in [-0.2, -0.15) is 0 Å². The summed E-state index contributed by atoms with van der Waals surface area (Å²) >= 11 is 11.6. The molecule has 0 saturated carbocycles. The molecule has 1 aliphatic heterocycles. The van der Waals surface area contributed by atoms with Crippen molar-refractivity contribution in [1.29, 1.82) is 0 Å². The van der Waals surface area contributed by atoms with Crippen molar-refractivity contribution in [3.05, 3.63) is 58.6 Å². The second-order valence-electron chi connectivity index (χ2n) is 7.02. The van der Waals surface area contributed by atoms with E-state index >= 15 is 0 Å². The molecule has 0 spiro atoms. The molecular weight excluding hydrogens is 406 g/mol. The maximum Gasteiger partial charge on any atom is 0.339 e. The van der Waals surface area contributed by atoms with E-state index in [4.69, 9.17) is 28.6 Å². The minimum atomic E-state index is -0.428. The Bertz CT molecular complexity index is 890. The standard InChI is InChI=1S/C22H26ClN3O2S/c1-3-28-21(27)18-10-9-17(14-19(18)23)25-22(29)24-11-6-12-26-15(2)13-16-7-4-5-8-20(16)26/h4-5,7-10,14-15H,3,6,11-13H2,1-2H3,(H2,24,25,29)/t15-/m1/s1. The van der Waals surface area contributed by atoms with Crippen LogP contribution in [-0.2, 0) is 11.2 Å². The number of para-hydroxylation sites is 1. The third kappa shape index (κ3) is 5.40. The number of fused-ring (bicyclic) bond motifs is 1. The van der Waals surface area contributed by atoms with E-state index in [2.05, 4.69) is 46.7 Å². The lowest BCUT2D eigenvalue weighted by Crippen LogP contribution is -2.34. The molecule has 3 rings (SSSR count). The number of anilines is 2. The summed E-state index contributed by atoms with van der Waals surface area (Å²) in [5.74, 6) is -0.428. The van der Waals surface area contributed by atoms with Gasteiger partial charge in [-0.25, -0.2) is 4.79 Å². The summed E-state index contributed by atoms with van der Waals surface area (Å²) in [6, 6.07) is 14.2. The number of thiocarbonyl (C=S) groups is 1. The van der Waals surface area contributed by atoms with Gasteiger partial charge in [0.25, 0.3) is 0 Å². The first kappa shape index (κ1) is 21.4. The Morgan fingerprint density at radius 3 is 2.86 bits per heavy atom. The van der Waals surface area contributed by atoms with E-state index in [-0.39, 0.29) is 0 Å². The molecule has 0 fully saturated rings. The average Bonchev–Trinajstić information content (AvgIpc) is 3.00. The molecule has 2 N–H and O–H groups in total. The molecule has 0 amide bonds. The second kappa shape index (κ2) is 9.94. The van der Waals surface area contributed by atoms with Crippen LogP contribution in [0.15, 0.2) is 42.5 Å². The van der Waals surface area contributed by atoms with E-state index in [0.717, 1.165) is 31.6 Å². The number of ether oxygens (including phenoxy) is 1. The third-order valence-electron chi connectivity index (χ3n) is 4.93. The number of benzene rings is 2. The Balaban J connectivity index is 1.45. The Kier molecular flexibility index (Phi) is 7.34. The molecule has 0 saturated heterocycles. The van der Waals surface area contributed by atoms with Crippen molar-refractivity contribution in [2.75, 3.05) is 29.9 Å². The quantitative estimate of drug-likeness (QED) is 0.378. The molecule has 0 bridgehead atoms. The van der Waals surface area contributed by atoms with Gasteiger partial charge in [0, 0.05) is 30.5 Å². The van der Waals surface area contributed by atoms with Crippen LogP contribution in [0.3, 0.4) is 0 Å². The number of hydrogen-bond acceptors (Lipinski definition) is 4. The minimum Gasteiger partial charge on any atom is -0.462 e. The van der Waals surface area contributed by atoms with Crippen molar-refractivity contribution < 1.29 is 9.53 Å². The van der Waals surface area contributed by atoms with Crippen LogP contribution in [0.4, 0.5) is 11.4 Å². The SMILES string of the molecule is CCOC(=O)c1ccc(NC(=S)NCCCN2c3ccccc3C[C@H]2C)cc1Cl. The highest BCUT2D eigenvalue weighted by molar-refractivity contribution is 7.80. The number of carbonyl (C=O) groups is 1. The van der Waals surface area contributed by atoms with Crippen LogP contribution in [0.5, 0.6) is 0 Å². The van der Waals surface area contributed by atoms with E-state index in [0.29, 0.717) is 28.3 Å². The number of nitrogens with zero attached hydrogens (tertiary/aromatic N) is 1. The van der Waals surface area contributed by atoms with Crippen molar-refractivity contribution in [1.82, 2.24) is 5.32 Å². The Morgan fingerprint density at radius 2 is 2.10 bits per heavy atom. The molecule has 0 unspecified atom stereocenters. The van der Waals surface area contributed by atoms with E-state index in [1.54, 1.807) is 25.1 Å². The van der Waals surface area contributed by atoms with Gasteiger partial charge in [-0.15, -0.1) is 0 Å². The molecule has 7 heteroatoms. The van der Waals surface area contributed by atoms with Crippen molar-refractivity contribution >= 4 is 46.3 Å². The smallest absolute Gasteiger partial charge is 0.339 e. The number of carbonyl (C=O) groups excluding carboxylic acids is 1.